The van der Waals surface area contributed by atoms with Crippen LogP contribution in [0.4, 0.5) is 26.3 Å². The summed E-state index contributed by atoms with van der Waals surface area (Å²) in [6, 6.07) is 0. The molecule has 0 spiro atoms. The summed E-state index contributed by atoms with van der Waals surface area (Å²) in [5.41, 5.74) is 0. The molecular weight excluding hydrogens is 563 g/mol. The first-order valence-electron chi connectivity index (χ1n) is 9.12. The van der Waals surface area contributed by atoms with Gasteiger partial charge in [-0.2, -0.15) is 40.4 Å². The summed E-state index contributed by atoms with van der Waals surface area (Å²) in [5, 5.41) is 21.8. The molecule has 0 radical (unpaired) electrons. The number of nitrogens with zero attached hydrogens (tertiary/aromatic N) is 6. The van der Waals surface area contributed by atoms with Gasteiger partial charge < -0.3 is 37.5 Å². The van der Waals surface area contributed by atoms with Gasteiger partial charge in [0.25, 0.3) is 0 Å². The number of carboxylic acids is 2. The summed E-state index contributed by atoms with van der Waals surface area (Å²) >= 11 is 5.72. The van der Waals surface area contributed by atoms with Crippen LogP contribution in [0.25, 0.3) is 5.32 Å². The number of carboxylic acid groups (broad SMARTS) is 2. The number of aliphatic carboxylic acids is 2. The quantitative estimate of drug-likeness (QED) is 0.0680. The second-order valence-electron chi connectivity index (χ2n) is 7.06. The number of hydrogen-bond donors (Lipinski definition) is 0. The fourth-order valence-electron chi connectivity index (χ4n) is 1.60. The number of amidine groups is 1. The molecule has 20 heteroatoms. The van der Waals surface area contributed by atoms with E-state index in [0.717, 1.165) is 5.29 Å². The van der Waals surface area contributed by atoms with Crippen LogP contribution in [0.3, 0.4) is 0 Å². The van der Waals surface area contributed by atoms with Crippen LogP contribution in [0.2, 0.25) is 0 Å². The maximum Gasteiger partial charge on any atom is 1.00 e. The van der Waals surface area contributed by atoms with Gasteiger partial charge >= 0.3 is 61.3 Å². The van der Waals surface area contributed by atoms with Gasteiger partial charge in [0.2, 0.25) is 0 Å². The summed E-state index contributed by atoms with van der Waals surface area (Å²) in [7, 11) is 23.3. The number of rotatable bonds is 0. The van der Waals surface area contributed by atoms with Crippen molar-refractivity contribution in [2.45, 2.75) is 12.4 Å². The Morgan fingerprint density at radius 1 is 0.684 bits per heavy atom. The fraction of sp³-hybridized carbons (Fsp3) is 0.778. The van der Waals surface area contributed by atoms with E-state index < -0.39 is 24.3 Å². The van der Waals surface area contributed by atoms with Crippen LogP contribution in [0.5, 0.6) is 0 Å². The number of guanidine groups is 1. The number of halogens is 8. The Morgan fingerprint density at radius 3 is 0.868 bits per heavy atom. The molecule has 0 aromatic carbocycles. The molecule has 0 aliphatic heterocycles. The molecule has 0 heterocycles. The average molecular weight is 599 g/mol. The molecule has 0 aromatic heterocycles. The van der Waals surface area contributed by atoms with E-state index in [1.54, 1.807) is 14.1 Å². The molecule has 10 nitrogen and oxygen atoms in total. The first-order valence-corrected chi connectivity index (χ1v) is 9.50. The zero-order valence-corrected chi connectivity index (χ0v) is 25.9. The SMILES string of the molecule is CN(C)C(Cl)=[N+](C)C.CN(C)C(N(C)C)=[N+](C)C.C[N-]C.O=C([O-])C(F)(F)F.O=C([O-])C(F)(F)F.[Cl-].[Li+].[Li+]. The predicted octanol–water partition coefficient (Wildman–Crippen LogP) is -9.62. The van der Waals surface area contributed by atoms with Gasteiger partial charge in [-0.3, -0.25) is 23.9 Å². The number of carbonyl (C=O) groups excluding carboxylic acids is 2. The zero-order chi connectivity index (χ0) is 29.9. The Balaban J connectivity index is -0.0000000500. The summed E-state index contributed by atoms with van der Waals surface area (Å²) in [4.78, 5) is 23.6. The maximum absolute atomic E-state index is 10.5. The van der Waals surface area contributed by atoms with E-state index in [0.29, 0.717) is 0 Å². The van der Waals surface area contributed by atoms with Crippen molar-refractivity contribution in [3.8, 4) is 0 Å². The van der Waals surface area contributed by atoms with Crippen LogP contribution in [-0.2, 0) is 9.59 Å². The largest absolute Gasteiger partial charge is 1.00 e. The molecule has 0 rings (SSSR count). The standard InChI is InChI=1S/C7H18N3.C5H12ClN2.2C2HF3O2.C2H6N.ClH.2Li/c1-8(2)7(9(3)4)10(5)6;1-7(2)5(6)8(3)4;2*3-2(4,5)1(6)7;1-3-2;;;/h1-6H3;1-4H3;2*(H,6,7);1-2H3;1H;;/q2*+1;;;-1;;2*+1/p-3. The molecule has 0 aliphatic rings. The van der Waals surface area contributed by atoms with Crippen molar-refractivity contribution in [2.24, 2.45) is 0 Å². The topological polar surface area (TPSA) is 110 Å². The normalized spacial score (nSPS) is 8.82. The fourth-order valence-corrected chi connectivity index (χ4v) is 1.60. The van der Waals surface area contributed by atoms with Gasteiger partial charge in [-0.25, -0.2) is 0 Å². The first kappa shape index (κ1) is 57.0. The van der Waals surface area contributed by atoms with Crippen LogP contribution in [0, 0.1) is 0 Å². The van der Waals surface area contributed by atoms with Gasteiger partial charge in [0.15, 0.2) is 0 Å². The zero-order valence-electron chi connectivity index (χ0n) is 24.3. The average Bonchev–Trinajstić information content (AvgIpc) is 2.60. The molecule has 0 bridgehead atoms. The summed E-state index contributed by atoms with van der Waals surface area (Å²) in [5.74, 6) is -4.82. The number of alkyl halides is 6. The summed E-state index contributed by atoms with van der Waals surface area (Å²) < 4.78 is 67.0. The van der Waals surface area contributed by atoms with Crippen molar-refractivity contribution < 1.29 is 105 Å². The first-order chi connectivity index (χ1) is 15.3. The third-order valence-electron chi connectivity index (χ3n) is 2.40. The van der Waals surface area contributed by atoms with Crippen molar-refractivity contribution in [3.05, 3.63) is 5.32 Å². The third-order valence-corrected chi connectivity index (χ3v) is 3.08. The predicted molar refractivity (Wildman–Crippen MR) is 118 cm³/mol. The minimum Gasteiger partial charge on any atom is -1.00 e. The Kier molecular flexibility index (Phi) is 43.5. The molecule has 0 aromatic rings. The molecule has 0 atom stereocenters. The Labute approximate surface area is 256 Å². The van der Waals surface area contributed by atoms with Crippen molar-refractivity contribution >= 4 is 34.8 Å². The number of hydrogen-bond acceptors (Lipinski definition) is 4. The maximum atomic E-state index is 10.5. The van der Waals surface area contributed by atoms with Gasteiger partial charge in [0.05, 0.1) is 70.5 Å². The van der Waals surface area contributed by atoms with E-state index in [1.807, 2.05) is 80.0 Å². The van der Waals surface area contributed by atoms with Gasteiger partial charge in [-0.05, 0) is 0 Å². The van der Waals surface area contributed by atoms with Crippen molar-refractivity contribution in [3.63, 3.8) is 0 Å². The molecular formula is C18H36Cl2F6Li2N6O4. The van der Waals surface area contributed by atoms with Crippen LogP contribution >= 0.6 is 11.6 Å². The van der Waals surface area contributed by atoms with E-state index in [1.165, 1.54) is 5.96 Å². The monoisotopic (exact) mass is 598 g/mol. The van der Waals surface area contributed by atoms with Gasteiger partial charge in [-0.15, -0.1) is 0 Å². The molecule has 0 N–H and O–H groups in total. The van der Waals surface area contributed by atoms with E-state index in [9.17, 15) is 26.3 Å². The van der Waals surface area contributed by atoms with Crippen molar-refractivity contribution in [1.29, 1.82) is 0 Å². The summed E-state index contributed by atoms with van der Waals surface area (Å²) in [6.07, 6.45) is -10.4. The summed E-state index contributed by atoms with van der Waals surface area (Å²) in [6.45, 7) is 0. The smallest absolute Gasteiger partial charge is 1.00 e. The second-order valence-corrected chi connectivity index (χ2v) is 7.40. The molecule has 0 fully saturated rings. The van der Waals surface area contributed by atoms with Crippen LogP contribution in [0.15, 0.2) is 0 Å². The van der Waals surface area contributed by atoms with Crippen LogP contribution < -0.4 is 60.3 Å². The van der Waals surface area contributed by atoms with E-state index in [-0.39, 0.29) is 50.1 Å². The Bertz CT molecular complexity index is 641. The van der Waals surface area contributed by atoms with Crippen LogP contribution in [-0.4, -0.2) is 144 Å². The molecule has 220 valence electrons. The molecule has 0 saturated carbocycles. The number of carbonyl (C=O) groups is 2. The van der Waals surface area contributed by atoms with E-state index >= 15 is 0 Å². The molecule has 0 aliphatic carbocycles. The Morgan fingerprint density at radius 2 is 0.868 bits per heavy atom. The Hall–Kier alpha value is -1.01. The third kappa shape index (κ3) is 42.1. The van der Waals surface area contributed by atoms with E-state index in [2.05, 4.69) is 19.7 Å². The molecule has 38 heavy (non-hydrogen) atoms. The second kappa shape index (κ2) is 29.0. The van der Waals surface area contributed by atoms with Crippen molar-refractivity contribution in [1.82, 2.24) is 14.7 Å². The minimum atomic E-state index is -5.19. The molecule has 0 unspecified atom stereocenters. The van der Waals surface area contributed by atoms with Crippen LogP contribution in [0.1, 0.15) is 0 Å². The van der Waals surface area contributed by atoms with Gasteiger partial charge in [0, 0.05) is 11.6 Å². The van der Waals surface area contributed by atoms with E-state index in [4.69, 9.17) is 31.4 Å². The molecule has 0 amide bonds. The van der Waals surface area contributed by atoms with Crippen molar-refractivity contribution in [2.75, 3.05) is 84.6 Å². The van der Waals surface area contributed by atoms with Gasteiger partial charge in [0.1, 0.15) is 11.9 Å². The van der Waals surface area contributed by atoms with Gasteiger partial charge in [-0.1, -0.05) is 0 Å². The molecule has 0 saturated heterocycles. The minimum absolute atomic E-state index is 0.